The Kier molecular flexibility index (Phi) is 7.51. The van der Waals surface area contributed by atoms with Gasteiger partial charge in [-0.05, 0) is 28.6 Å². The first-order chi connectivity index (χ1) is 16.4. The molecule has 37 heavy (non-hydrogen) atoms. The standard InChI is InChI=1S/C27H36F5NO4/c1-23(2,3)12-13(21(35)33-20(12)34)25(7,8)26(9,10)27(11,24(4,5)6)22(36)37-19-17(31)15(29)14(28)16(30)18(19)32/h12-13H,1-11H3,(H,33,34,35). The van der Waals surface area contributed by atoms with E-state index in [4.69, 9.17) is 4.74 Å². The Balaban J connectivity index is 2.74. The second-order valence-corrected chi connectivity index (χ2v) is 13.2. The zero-order valence-electron chi connectivity index (χ0n) is 23.2. The molecule has 2 rings (SSSR count). The molecule has 1 N–H and O–H groups in total. The van der Waals surface area contributed by atoms with Gasteiger partial charge in [-0.25, -0.2) is 13.2 Å². The average molecular weight is 534 g/mol. The first kappa shape index (κ1) is 30.7. The number of halogens is 5. The molecule has 1 aliphatic heterocycles. The van der Waals surface area contributed by atoms with Gasteiger partial charge >= 0.3 is 5.97 Å². The normalized spacial score (nSPS) is 21.1. The number of rotatable bonds is 5. The van der Waals surface area contributed by atoms with Gasteiger partial charge in [-0.15, -0.1) is 0 Å². The minimum atomic E-state index is -2.38. The van der Waals surface area contributed by atoms with E-state index in [0.29, 0.717) is 0 Å². The third-order valence-corrected chi connectivity index (χ3v) is 8.99. The minimum absolute atomic E-state index is 0.451. The number of nitrogens with one attached hydrogen (secondary N) is 1. The molecule has 2 amide bonds. The lowest BCUT2D eigenvalue weighted by atomic mass is 9.43. The highest BCUT2D eigenvalue weighted by Gasteiger charge is 2.67. The number of ether oxygens (including phenoxy) is 1. The number of amides is 2. The molecule has 3 atom stereocenters. The number of hydrogen-bond donors (Lipinski definition) is 1. The summed E-state index contributed by atoms with van der Waals surface area (Å²) in [6, 6.07) is 0. The molecular weight excluding hydrogens is 497 g/mol. The number of imide groups is 1. The highest BCUT2D eigenvalue weighted by atomic mass is 19.2. The summed E-state index contributed by atoms with van der Waals surface area (Å²) in [7, 11) is 0. The van der Waals surface area contributed by atoms with Crippen molar-refractivity contribution in [2.75, 3.05) is 0 Å². The van der Waals surface area contributed by atoms with Crippen LogP contribution in [0.1, 0.15) is 76.2 Å². The Morgan fingerprint density at radius 2 is 1.05 bits per heavy atom. The maximum Gasteiger partial charge on any atom is 0.318 e. The second-order valence-electron chi connectivity index (χ2n) is 13.2. The van der Waals surface area contributed by atoms with Gasteiger partial charge in [0.1, 0.15) is 0 Å². The molecule has 1 aromatic rings. The zero-order valence-corrected chi connectivity index (χ0v) is 23.2. The van der Waals surface area contributed by atoms with Crippen LogP contribution < -0.4 is 10.1 Å². The van der Waals surface area contributed by atoms with E-state index in [1.165, 1.54) is 6.92 Å². The van der Waals surface area contributed by atoms with Crippen LogP contribution in [0, 0.1) is 68.0 Å². The third kappa shape index (κ3) is 4.44. The highest BCUT2D eigenvalue weighted by molar-refractivity contribution is 6.06. The molecule has 1 saturated heterocycles. The van der Waals surface area contributed by atoms with Crippen LogP contribution in [0.5, 0.6) is 5.75 Å². The van der Waals surface area contributed by atoms with Gasteiger partial charge in [0.2, 0.25) is 46.6 Å². The van der Waals surface area contributed by atoms with Crippen LogP contribution in [-0.4, -0.2) is 17.8 Å². The SMILES string of the molecule is CC(C)(C)C1C(=O)NC(=O)C1C(C)(C)C(C)(C)C(C)(C(=O)Oc1c(F)c(F)c(F)c(F)c1F)C(C)(C)C. The molecule has 3 unspecified atom stereocenters. The fourth-order valence-electron chi connectivity index (χ4n) is 5.62. The number of hydrogen-bond acceptors (Lipinski definition) is 4. The summed E-state index contributed by atoms with van der Waals surface area (Å²) in [5.41, 5.74) is -5.72. The lowest BCUT2D eigenvalue weighted by molar-refractivity contribution is -0.184. The number of carbonyl (C=O) groups is 3. The minimum Gasteiger partial charge on any atom is -0.420 e. The Morgan fingerprint density at radius 3 is 1.43 bits per heavy atom. The number of benzene rings is 1. The van der Waals surface area contributed by atoms with Crippen LogP contribution in [0.25, 0.3) is 0 Å². The molecule has 0 aliphatic carbocycles. The molecule has 5 nitrogen and oxygen atoms in total. The van der Waals surface area contributed by atoms with E-state index in [1.807, 2.05) is 20.8 Å². The molecule has 1 aromatic carbocycles. The summed E-state index contributed by atoms with van der Waals surface area (Å²) < 4.78 is 75.0. The van der Waals surface area contributed by atoms with Crippen molar-refractivity contribution in [1.29, 1.82) is 0 Å². The molecule has 1 fully saturated rings. The van der Waals surface area contributed by atoms with Crippen molar-refractivity contribution in [3.8, 4) is 5.75 Å². The monoisotopic (exact) mass is 533 g/mol. The number of carbonyl (C=O) groups excluding carboxylic acids is 3. The quantitative estimate of drug-likeness (QED) is 0.120. The summed E-state index contributed by atoms with van der Waals surface area (Å²) in [6.45, 7) is 18.6. The average Bonchev–Trinajstić information content (AvgIpc) is 3.06. The first-order valence-electron chi connectivity index (χ1n) is 12.0. The van der Waals surface area contributed by atoms with E-state index in [1.54, 1.807) is 48.5 Å². The summed E-state index contributed by atoms with van der Waals surface area (Å²) in [6.07, 6.45) is 0. The van der Waals surface area contributed by atoms with Gasteiger partial charge in [-0.3, -0.25) is 19.7 Å². The molecule has 0 bridgehead atoms. The van der Waals surface area contributed by atoms with E-state index in [9.17, 15) is 36.3 Å². The van der Waals surface area contributed by atoms with Crippen molar-refractivity contribution in [2.45, 2.75) is 76.2 Å². The van der Waals surface area contributed by atoms with E-state index >= 15 is 0 Å². The lowest BCUT2D eigenvalue weighted by Crippen LogP contribution is -2.61. The van der Waals surface area contributed by atoms with Gasteiger partial charge < -0.3 is 4.74 Å². The molecule has 1 heterocycles. The predicted octanol–water partition coefficient (Wildman–Crippen LogP) is 6.33. The van der Waals surface area contributed by atoms with E-state index in [0.717, 1.165) is 0 Å². The van der Waals surface area contributed by atoms with E-state index in [2.05, 4.69) is 5.32 Å². The zero-order chi connectivity index (χ0) is 29.3. The van der Waals surface area contributed by atoms with Crippen LogP contribution >= 0.6 is 0 Å². The van der Waals surface area contributed by atoms with Crippen molar-refractivity contribution in [3.05, 3.63) is 29.1 Å². The highest BCUT2D eigenvalue weighted by Crippen LogP contribution is 2.64. The lowest BCUT2D eigenvalue weighted by Gasteiger charge is -2.59. The van der Waals surface area contributed by atoms with Crippen LogP contribution in [-0.2, 0) is 14.4 Å². The molecule has 1 aliphatic rings. The molecular formula is C27H36F5NO4. The van der Waals surface area contributed by atoms with Gasteiger partial charge in [-0.1, -0.05) is 69.2 Å². The topological polar surface area (TPSA) is 72.5 Å². The van der Waals surface area contributed by atoms with Crippen LogP contribution in [0.2, 0.25) is 0 Å². The first-order valence-corrected chi connectivity index (χ1v) is 12.0. The fraction of sp³-hybridized carbons (Fsp3) is 0.667. The molecule has 0 aromatic heterocycles. The number of esters is 1. The second kappa shape index (κ2) is 9.05. The molecule has 208 valence electrons. The Labute approximate surface area is 214 Å². The van der Waals surface area contributed by atoms with E-state index in [-0.39, 0.29) is 0 Å². The molecule has 0 spiro atoms. The maximum atomic E-state index is 14.4. The Morgan fingerprint density at radius 1 is 0.676 bits per heavy atom. The van der Waals surface area contributed by atoms with Gasteiger partial charge in [0, 0.05) is 0 Å². The van der Waals surface area contributed by atoms with Crippen molar-refractivity contribution in [1.82, 2.24) is 5.32 Å². The van der Waals surface area contributed by atoms with Crippen molar-refractivity contribution in [2.24, 2.45) is 38.9 Å². The largest absolute Gasteiger partial charge is 0.420 e. The van der Waals surface area contributed by atoms with Gasteiger partial charge in [0.15, 0.2) is 0 Å². The van der Waals surface area contributed by atoms with Crippen LogP contribution in [0.3, 0.4) is 0 Å². The van der Waals surface area contributed by atoms with E-state index < -0.39 is 91.5 Å². The smallest absolute Gasteiger partial charge is 0.318 e. The predicted molar refractivity (Wildman–Crippen MR) is 127 cm³/mol. The summed E-state index contributed by atoms with van der Waals surface area (Å²) in [5.74, 6) is -17.0. The Hall–Kier alpha value is -2.52. The summed E-state index contributed by atoms with van der Waals surface area (Å²) in [5, 5.41) is 2.38. The Bertz CT molecular complexity index is 1120. The van der Waals surface area contributed by atoms with Crippen LogP contribution in [0.4, 0.5) is 22.0 Å². The maximum absolute atomic E-state index is 14.4. The van der Waals surface area contributed by atoms with Gasteiger partial charge in [0.05, 0.1) is 17.3 Å². The van der Waals surface area contributed by atoms with Gasteiger partial charge in [0.25, 0.3) is 0 Å². The van der Waals surface area contributed by atoms with Crippen LogP contribution in [0.15, 0.2) is 0 Å². The molecule has 0 radical (unpaired) electrons. The van der Waals surface area contributed by atoms with Crippen molar-refractivity contribution in [3.63, 3.8) is 0 Å². The summed E-state index contributed by atoms with van der Waals surface area (Å²) >= 11 is 0. The van der Waals surface area contributed by atoms with Crippen molar-refractivity contribution < 1.29 is 41.1 Å². The summed E-state index contributed by atoms with van der Waals surface area (Å²) in [4.78, 5) is 39.7. The molecule has 0 saturated carbocycles. The van der Waals surface area contributed by atoms with Gasteiger partial charge in [-0.2, -0.15) is 8.78 Å². The molecule has 10 heteroatoms. The van der Waals surface area contributed by atoms with Crippen molar-refractivity contribution >= 4 is 17.8 Å². The fourth-order valence-corrected chi connectivity index (χ4v) is 5.62. The third-order valence-electron chi connectivity index (χ3n) is 8.99.